The topological polar surface area (TPSA) is 49.6 Å². The Morgan fingerprint density at radius 2 is 1.80 bits per heavy atom. The fourth-order valence-corrected chi connectivity index (χ4v) is 5.20. The van der Waals surface area contributed by atoms with E-state index in [1.54, 1.807) is 0 Å². The van der Waals surface area contributed by atoms with E-state index in [1.165, 1.54) is 5.56 Å². The van der Waals surface area contributed by atoms with Gasteiger partial charge in [-0.1, -0.05) is 61.0 Å². The van der Waals surface area contributed by atoms with Gasteiger partial charge in [-0.25, -0.2) is 0 Å². The molecule has 30 heavy (non-hydrogen) atoms. The van der Waals surface area contributed by atoms with Crippen LogP contribution in [-0.4, -0.2) is 49.4 Å². The number of benzene rings is 2. The molecular weight excluding hydrogens is 394 g/mol. The van der Waals surface area contributed by atoms with Crippen molar-refractivity contribution in [2.45, 2.75) is 37.6 Å². The van der Waals surface area contributed by atoms with Crippen LogP contribution < -0.4 is 5.73 Å². The lowest BCUT2D eigenvalue weighted by atomic mass is 9.78. The van der Waals surface area contributed by atoms with E-state index < -0.39 is 0 Å². The molecule has 0 bridgehead atoms. The van der Waals surface area contributed by atoms with Gasteiger partial charge in [0.05, 0.1) is 5.92 Å². The number of hydrogen-bond donors (Lipinski definition) is 1. The summed E-state index contributed by atoms with van der Waals surface area (Å²) in [5.41, 5.74) is 8.52. The van der Waals surface area contributed by atoms with Crippen LogP contribution >= 0.6 is 11.6 Å². The van der Waals surface area contributed by atoms with Crippen molar-refractivity contribution in [1.29, 1.82) is 0 Å². The average Bonchev–Trinajstić information content (AvgIpc) is 2.77. The quantitative estimate of drug-likeness (QED) is 0.708. The summed E-state index contributed by atoms with van der Waals surface area (Å²) < 4.78 is 0. The van der Waals surface area contributed by atoms with Crippen LogP contribution in [0.4, 0.5) is 0 Å². The third-order valence-corrected chi connectivity index (χ3v) is 7.08. The second-order valence-electron chi connectivity index (χ2n) is 8.53. The zero-order valence-electron chi connectivity index (χ0n) is 18.4. The fourth-order valence-electron chi connectivity index (χ4n) is 5.00. The molecule has 5 heteroatoms. The van der Waals surface area contributed by atoms with Crippen molar-refractivity contribution in [1.82, 2.24) is 9.80 Å². The number of amides is 1. The molecule has 1 saturated heterocycles. The van der Waals surface area contributed by atoms with E-state index in [0.717, 1.165) is 37.9 Å². The Morgan fingerprint density at radius 3 is 2.33 bits per heavy atom. The second-order valence-corrected chi connectivity index (χ2v) is 8.97. The molecule has 0 saturated carbocycles. The highest BCUT2D eigenvalue weighted by Gasteiger charge is 2.41. The molecule has 0 aromatic heterocycles. The summed E-state index contributed by atoms with van der Waals surface area (Å²) >= 11 is 6.21. The smallest absolute Gasteiger partial charge is 0.227 e. The molecule has 1 fully saturated rings. The summed E-state index contributed by atoms with van der Waals surface area (Å²) in [6, 6.07) is 18.5. The minimum atomic E-state index is -0.225. The highest BCUT2D eigenvalue weighted by atomic mass is 35.5. The zero-order chi connectivity index (χ0) is 21.7. The maximum Gasteiger partial charge on any atom is 0.227 e. The standard InChI is InChI=1S/C25H34ClN3O/c1-4-22(19-9-8-12-21(26)17-19)23(18-27)24(30)29-15-13-25(14-16-29,28(2)3)20-10-6-5-7-11-20/h5-12,17,22-23H,4,13-16,18,27H2,1-3H3/t22-,23+/m0/s1. The largest absolute Gasteiger partial charge is 0.342 e. The normalized spacial score (nSPS) is 18.3. The van der Waals surface area contributed by atoms with Crippen LogP contribution in [0.25, 0.3) is 0 Å². The first-order valence-corrected chi connectivity index (χ1v) is 11.3. The molecule has 2 aromatic rings. The number of likely N-dealkylation sites (tertiary alicyclic amines) is 1. The molecule has 0 radical (unpaired) electrons. The van der Waals surface area contributed by atoms with Crippen molar-refractivity contribution in [2.75, 3.05) is 33.7 Å². The molecule has 4 nitrogen and oxygen atoms in total. The van der Waals surface area contributed by atoms with E-state index >= 15 is 0 Å². The number of carbonyl (C=O) groups excluding carboxylic acids is 1. The van der Waals surface area contributed by atoms with Crippen LogP contribution in [0.1, 0.15) is 43.2 Å². The molecule has 0 aliphatic carbocycles. The van der Waals surface area contributed by atoms with Gasteiger partial charge in [-0.15, -0.1) is 0 Å². The molecule has 1 aliphatic heterocycles. The third-order valence-electron chi connectivity index (χ3n) is 6.84. The van der Waals surface area contributed by atoms with E-state index in [-0.39, 0.29) is 23.3 Å². The highest BCUT2D eigenvalue weighted by Crippen LogP contribution is 2.38. The Labute approximate surface area is 186 Å². The van der Waals surface area contributed by atoms with E-state index in [0.29, 0.717) is 11.6 Å². The summed E-state index contributed by atoms with van der Waals surface area (Å²) in [6.07, 6.45) is 2.69. The number of nitrogens with two attached hydrogens (primary N) is 1. The van der Waals surface area contributed by atoms with Crippen molar-refractivity contribution in [3.63, 3.8) is 0 Å². The molecule has 2 N–H and O–H groups in total. The SMILES string of the molecule is CC[C@@H](c1cccc(Cl)c1)[C@@H](CN)C(=O)N1CCC(c2ccccc2)(N(C)C)CC1. The lowest BCUT2D eigenvalue weighted by molar-refractivity contribution is -0.138. The Bertz CT molecular complexity index is 831. The number of piperidine rings is 1. The summed E-state index contributed by atoms with van der Waals surface area (Å²) in [6.45, 7) is 3.95. The van der Waals surface area contributed by atoms with Crippen molar-refractivity contribution in [2.24, 2.45) is 11.7 Å². The van der Waals surface area contributed by atoms with Gasteiger partial charge in [-0.2, -0.15) is 0 Å². The molecule has 3 rings (SSSR count). The van der Waals surface area contributed by atoms with E-state index in [1.807, 2.05) is 23.1 Å². The van der Waals surface area contributed by atoms with Gasteiger partial charge in [-0.3, -0.25) is 9.69 Å². The van der Waals surface area contributed by atoms with Crippen molar-refractivity contribution in [3.05, 3.63) is 70.7 Å². The molecule has 1 heterocycles. The van der Waals surface area contributed by atoms with Crippen molar-refractivity contribution in [3.8, 4) is 0 Å². The van der Waals surface area contributed by atoms with Crippen LogP contribution in [0.5, 0.6) is 0 Å². The molecule has 1 amide bonds. The van der Waals surface area contributed by atoms with Gasteiger partial charge in [0.25, 0.3) is 0 Å². The lowest BCUT2D eigenvalue weighted by Gasteiger charge is -2.47. The third kappa shape index (κ3) is 4.56. The van der Waals surface area contributed by atoms with Gasteiger partial charge < -0.3 is 10.6 Å². The highest BCUT2D eigenvalue weighted by molar-refractivity contribution is 6.30. The minimum absolute atomic E-state index is 0.0344. The first kappa shape index (κ1) is 22.8. The average molecular weight is 428 g/mol. The minimum Gasteiger partial charge on any atom is -0.342 e. The number of nitrogens with zero attached hydrogens (tertiary/aromatic N) is 2. The van der Waals surface area contributed by atoms with Crippen LogP contribution in [0.2, 0.25) is 5.02 Å². The summed E-state index contributed by atoms with van der Waals surface area (Å²) in [5.74, 6) is 0.0256. The molecule has 0 spiro atoms. The van der Waals surface area contributed by atoms with E-state index in [2.05, 4.69) is 62.3 Å². The van der Waals surface area contributed by atoms with Gasteiger partial charge in [0, 0.05) is 30.2 Å². The molecule has 1 aliphatic rings. The van der Waals surface area contributed by atoms with Crippen LogP contribution in [-0.2, 0) is 10.3 Å². The molecular formula is C25H34ClN3O. The Hall–Kier alpha value is -1.88. The first-order valence-electron chi connectivity index (χ1n) is 10.9. The monoisotopic (exact) mass is 427 g/mol. The number of carbonyl (C=O) groups is 1. The van der Waals surface area contributed by atoms with Crippen molar-refractivity contribution < 1.29 is 4.79 Å². The van der Waals surface area contributed by atoms with Crippen LogP contribution in [0.15, 0.2) is 54.6 Å². The molecule has 162 valence electrons. The summed E-state index contributed by atoms with van der Waals surface area (Å²) in [4.78, 5) is 17.8. The Morgan fingerprint density at radius 1 is 1.13 bits per heavy atom. The van der Waals surface area contributed by atoms with Gasteiger partial charge in [0.2, 0.25) is 5.91 Å². The van der Waals surface area contributed by atoms with Crippen LogP contribution in [0, 0.1) is 5.92 Å². The first-order chi connectivity index (χ1) is 14.4. The number of rotatable bonds is 7. The summed E-state index contributed by atoms with van der Waals surface area (Å²) in [5, 5.41) is 0.700. The Kier molecular flexibility index (Phi) is 7.56. The van der Waals surface area contributed by atoms with E-state index in [9.17, 15) is 4.79 Å². The van der Waals surface area contributed by atoms with Gasteiger partial charge in [-0.05, 0) is 62.5 Å². The van der Waals surface area contributed by atoms with Gasteiger partial charge in [0.1, 0.15) is 0 Å². The van der Waals surface area contributed by atoms with Crippen LogP contribution in [0.3, 0.4) is 0 Å². The second kappa shape index (κ2) is 9.95. The summed E-state index contributed by atoms with van der Waals surface area (Å²) in [7, 11) is 4.28. The molecule has 2 atom stereocenters. The van der Waals surface area contributed by atoms with Crippen molar-refractivity contribution >= 4 is 17.5 Å². The van der Waals surface area contributed by atoms with Gasteiger partial charge >= 0.3 is 0 Å². The number of halogens is 1. The maximum absolute atomic E-state index is 13.5. The molecule has 2 aromatic carbocycles. The maximum atomic E-state index is 13.5. The predicted molar refractivity (Wildman–Crippen MR) is 125 cm³/mol. The van der Waals surface area contributed by atoms with Gasteiger partial charge in [0.15, 0.2) is 0 Å². The predicted octanol–water partition coefficient (Wildman–Crippen LogP) is 4.49. The number of hydrogen-bond acceptors (Lipinski definition) is 3. The molecule has 0 unspecified atom stereocenters. The fraction of sp³-hybridized carbons (Fsp3) is 0.480. The van der Waals surface area contributed by atoms with E-state index in [4.69, 9.17) is 17.3 Å². The Balaban J connectivity index is 1.77. The lowest BCUT2D eigenvalue weighted by Crippen LogP contribution is -2.53. The zero-order valence-corrected chi connectivity index (χ0v) is 19.1.